The Labute approximate surface area is 225 Å². The highest BCUT2D eigenvalue weighted by Gasteiger charge is 2.50. The lowest BCUT2D eigenvalue weighted by Gasteiger charge is -2.53. The molecule has 3 fully saturated rings. The van der Waals surface area contributed by atoms with Crippen LogP contribution in [0.1, 0.15) is 81.9 Å². The van der Waals surface area contributed by atoms with Gasteiger partial charge in [0.25, 0.3) is 0 Å². The van der Waals surface area contributed by atoms with Crippen molar-refractivity contribution in [2.24, 2.45) is 5.41 Å². The van der Waals surface area contributed by atoms with Crippen molar-refractivity contribution in [1.29, 1.82) is 0 Å². The van der Waals surface area contributed by atoms with E-state index in [0.29, 0.717) is 0 Å². The first-order valence-electron chi connectivity index (χ1n) is 14.1. The van der Waals surface area contributed by atoms with Crippen LogP contribution in [0.15, 0.2) is 24.5 Å². The van der Waals surface area contributed by atoms with Crippen molar-refractivity contribution in [2.45, 2.75) is 104 Å². The topological polar surface area (TPSA) is 85.2 Å². The highest BCUT2D eigenvalue weighted by Crippen LogP contribution is 2.53. The first-order valence-corrected chi connectivity index (χ1v) is 14.1. The number of hydrogen-bond acceptors (Lipinski definition) is 6. The van der Waals surface area contributed by atoms with Gasteiger partial charge in [0.2, 0.25) is 0 Å². The molecule has 3 saturated carbocycles. The monoisotopic (exact) mass is 516 g/mol. The molecular weight excluding hydrogens is 476 g/mol. The van der Waals surface area contributed by atoms with E-state index in [9.17, 15) is 4.79 Å². The third-order valence-corrected chi connectivity index (χ3v) is 9.05. The average Bonchev–Trinajstić information content (AvgIpc) is 3.17. The van der Waals surface area contributed by atoms with E-state index >= 15 is 0 Å². The van der Waals surface area contributed by atoms with Gasteiger partial charge in [-0.1, -0.05) is 0 Å². The summed E-state index contributed by atoms with van der Waals surface area (Å²) in [5, 5.41) is 9.50. The van der Waals surface area contributed by atoms with Crippen LogP contribution in [0, 0.1) is 19.3 Å². The van der Waals surface area contributed by atoms with Crippen LogP contribution in [0.2, 0.25) is 0 Å². The predicted molar refractivity (Wildman–Crippen MR) is 148 cm³/mol. The Morgan fingerprint density at radius 1 is 1.13 bits per heavy atom. The molecule has 0 saturated heterocycles. The summed E-state index contributed by atoms with van der Waals surface area (Å²) < 4.78 is 7.90. The predicted octanol–water partition coefficient (Wildman–Crippen LogP) is 5.62. The summed E-state index contributed by atoms with van der Waals surface area (Å²) in [7, 11) is 0. The quantitative estimate of drug-likeness (QED) is 0.484. The van der Waals surface area contributed by atoms with E-state index in [2.05, 4.69) is 50.8 Å². The number of carbonyl (C=O) groups is 1. The molecule has 2 bridgehead atoms. The van der Waals surface area contributed by atoms with Crippen LogP contribution < -0.4 is 10.2 Å². The van der Waals surface area contributed by atoms with Crippen LogP contribution >= 0.6 is 0 Å². The Hall–Kier alpha value is -3.16. The van der Waals surface area contributed by atoms with E-state index in [0.717, 1.165) is 86.9 Å². The molecule has 3 aromatic rings. The summed E-state index contributed by atoms with van der Waals surface area (Å²) in [5.74, 6) is 0. The summed E-state index contributed by atoms with van der Waals surface area (Å²) in [6.07, 6.45) is 10.9. The molecule has 0 atom stereocenters. The Kier molecular flexibility index (Phi) is 5.92. The minimum absolute atomic E-state index is 0.106. The molecule has 0 spiro atoms. The second-order valence-electron chi connectivity index (χ2n) is 12.9. The summed E-state index contributed by atoms with van der Waals surface area (Å²) in [4.78, 5) is 23.9. The fourth-order valence-corrected chi connectivity index (χ4v) is 6.98. The number of pyridine rings is 2. The zero-order valence-electron chi connectivity index (χ0n) is 23.4. The smallest absolute Gasteiger partial charge is 0.408 e. The molecule has 4 aliphatic rings. The minimum atomic E-state index is -0.471. The largest absolute Gasteiger partial charge is 0.444 e. The molecule has 0 unspecified atom stereocenters. The summed E-state index contributed by atoms with van der Waals surface area (Å²) in [6, 6.07) is 4.28. The number of aryl methyl sites for hydroxylation is 2. The lowest BCUT2D eigenvalue weighted by atomic mass is 9.57. The normalized spacial score (nSPS) is 24.9. The molecule has 1 amide bonds. The molecule has 202 valence electrons. The van der Waals surface area contributed by atoms with Crippen LogP contribution in [0.4, 0.5) is 10.5 Å². The number of amides is 1. The van der Waals surface area contributed by atoms with Crippen LogP contribution in [0.3, 0.4) is 0 Å². The van der Waals surface area contributed by atoms with Gasteiger partial charge < -0.3 is 15.0 Å². The van der Waals surface area contributed by atoms with Crippen molar-refractivity contribution in [1.82, 2.24) is 25.1 Å². The molecule has 38 heavy (non-hydrogen) atoms. The number of fused-ring (bicyclic) bond motifs is 5. The van der Waals surface area contributed by atoms with Gasteiger partial charge in [0.05, 0.1) is 17.4 Å². The lowest BCUT2D eigenvalue weighted by Crippen LogP contribution is -2.58. The van der Waals surface area contributed by atoms with Crippen molar-refractivity contribution >= 4 is 22.7 Å². The average molecular weight is 517 g/mol. The van der Waals surface area contributed by atoms with Crippen molar-refractivity contribution in [2.75, 3.05) is 11.4 Å². The van der Waals surface area contributed by atoms with Gasteiger partial charge in [-0.05, 0) is 90.7 Å². The lowest BCUT2D eigenvalue weighted by molar-refractivity contribution is -0.00519. The van der Waals surface area contributed by atoms with Crippen molar-refractivity contribution in [3.8, 4) is 0 Å². The van der Waals surface area contributed by atoms with E-state index in [4.69, 9.17) is 9.84 Å². The summed E-state index contributed by atoms with van der Waals surface area (Å²) >= 11 is 0. The zero-order valence-corrected chi connectivity index (χ0v) is 23.4. The number of ether oxygens (including phenoxy) is 1. The maximum Gasteiger partial charge on any atom is 0.408 e. The summed E-state index contributed by atoms with van der Waals surface area (Å²) in [6.45, 7) is 12.8. The molecule has 4 heterocycles. The van der Waals surface area contributed by atoms with Crippen molar-refractivity contribution < 1.29 is 9.53 Å². The third kappa shape index (κ3) is 4.63. The first kappa shape index (κ1) is 25.1. The Morgan fingerprint density at radius 2 is 1.87 bits per heavy atom. The van der Waals surface area contributed by atoms with Crippen LogP contribution in [-0.2, 0) is 24.2 Å². The maximum atomic E-state index is 12.5. The van der Waals surface area contributed by atoms with E-state index < -0.39 is 5.60 Å². The number of carbonyl (C=O) groups excluding carboxylic acids is 1. The first-order chi connectivity index (χ1) is 18.0. The molecule has 3 aromatic heterocycles. The number of rotatable bonds is 4. The van der Waals surface area contributed by atoms with Gasteiger partial charge in [-0.25, -0.2) is 4.79 Å². The number of anilines is 1. The SMILES string of the molecule is Cc1cc(N2CCc3c(c(C)nn3CC34CCC(NC(=O)OC(C)(C)C)(CC3)CC4)C2)c2ccncc2n1. The van der Waals surface area contributed by atoms with Gasteiger partial charge in [-0.2, -0.15) is 5.10 Å². The zero-order chi connectivity index (χ0) is 26.7. The van der Waals surface area contributed by atoms with E-state index in [1.54, 1.807) is 0 Å². The Morgan fingerprint density at radius 3 is 2.58 bits per heavy atom. The van der Waals surface area contributed by atoms with Gasteiger partial charge >= 0.3 is 6.09 Å². The van der Waals surface area contributed by atoms with Crippen molar-refractivity contribution in [3.63, 3.8) is 0 Å². The summed E-state index contributed by atoms with van der Waals surface area (Å²) in [5.41, 5.74) is 6.82. The highest BCUT2D eigenvalue weighted by molar-refractivity contribution is 5.91. The fourth-order valence-electron chi connectivity index (χ4n) is 6.98. The molecule has 0 aromatic carbocycles. The van der Waals surface area contributed by atoms with Crippen molar-refractivity contribution in [3.05, 3.63) is 47.2 Å². The minimum Gasteiger partial charge on any atom is -0.444 e. The van der Waals surface area contributed by atoms with Crippen LogP contribution in [0.5, 0.6) is 0 Å². The molecule has 8 heteroatoms. The Balaban J connectivity index is 1.17. The molecule has 1 N–H and O–H groups in total. The van der Waals surface area contributed by atoms with Crippen LogP contribution in [0.25, 0.3) is 10.9 Å². The third-order valence-electron chi connectivity index (χ3n) is 9.05. The molecule has 8 nitrogen and oxygen atoms in total. The van der Waals surface area contributed by atoms with Crippen LogP contribution in [-0.4, -0.2) is 43.5 Å². The number of aromatic nitrogens is 4. The Bertz CT molecular complexity index is 1360. The van der Waals surface area contributed by atoms with Gasteiger partial charge in [-0.15, -0.1) is 0 Å². The van der Waals surface area contributed by atoms with E-state index in [-0.39, 0.29) is 17.0 Å². The van der Waals surface area contributed by atoms with E-state index in [1.807, 2.05) is 33.2 Å². The maximum absolute atomic E-state index is 12.5. The van der Waals surface area contributed by atoms with Gasteiger partial charge in [0, 0.05) is 65.8 Å². The standard InChI is InChI=1S/C30H40N6O2/c1-20-16-26(22-6-14-31-17-24(22)32-20)35-15-7-25-23(18-35)21(2)34-36(25)19-29-8-11-30(12-9-29,13-10-29)33-27(37)38-28(3,4)5/h6,14,16-17H,7-13,15,18-19H2,1-5H3,(H,33,37). The number of nitrogens with zero attached hydrogens (tertiary/aromatic N) is 5. The molecule has 1 aliphatic heterocycles. The fraction of sp³-hybridized carbons (Fsp3) is 0.600. The van der Waals surface area contributed by atoms with Gasteiger partial charge in [0.1, 0.15) is 5.60 Å². The van der Waals surface area contributed by atoms with Gasteiger partial charge in [-0.3, -0.25) is 14.6 Å². The molecule has 0 radical (unpaired) electrons. The molecule has 7 rings (SSSR count). The number of nitrogens with one attached hydrogen (secondary N) is 1. The molecular formula is C30H40N6O2. The number of hydrogen-bond donors (Lipinski definition) is 1. The second kappa shape index (κ2) is 8.95. The number of alkyl carbamates (subject to hydrolysis) is 1. The van der Waals surface area contributed by atoms with Gasteiger partial charge in [0.15, 0.2) is 0 Å². The second-order valence-corrected chi connectivity index (χ2v) is 12.9. The molecule has 3 aliphatic carbocycles. The highest BCUT2D eigenvalue weighted by atomic mass is 16.6. The van der Waals surface area contributed by atoms with E-state index in [1.165, 1.54) is 16.9 Å².